The van der Waals surface area contributed by atoms with E-state index in [1.807, 2.05) is 7.05 Å². The van der Waals surface area contributed by atoms with Crippen molar-refractivity contribution in [2.45, 2.75) is 11.4 Å². The van der Waals surface area contributed by atoms with Gasteiger partial charge in [-0.15, -0.1) is 0 Å². The Morgan fingerprint density at radius 1 is 1.33 bits per heavy atom. The Kier molecular flexibility index (Phi) is 4.76. The highest BCUT2D eigenvalue weighted by molar-refractivity contribution is 7.92. The minimum Gasteiger partial charge on any atom is -0.481 e. The number of aromatic nitrogens is 3. The summed E-state index contributed by atoms with van der Waals surface area (Å²) in [6.45, 7) is 1.30. The molecule has 0 amide bonds. The van der Waals surface area contributed by atoms with Gasteiger partial charge in [-0.2, -0.15) is 5.10 Å². The second-order valence-electron chi connectivity index (χ2n) is 4.24. The van der Waals surface area contributed by atoms with Crippen LogP contribution < -0.4 is 14.8 Å². The van der Waals surface area contributed by atoms with Crippen LogP contribution in [0.2, 0.25) is 0 Å². The monoisotopic (exact) mass is 311 g/mol. The smallest absolute Gasteiger partial charge is 0.265 e. The zero-order valence-corrected chi connectivity index (χ0v) is 12.6. The Labute approximate surface area is 123 Å². The largest absolute Gasteiger partial charge is 0.481 e. The van der Waals surface area contributed by atoms with Crippen molar-refractivity contribution >= 4 is 15.7 Å². The van der Waals surface area contributed by atoms with Crippen LogP contribution in [0.15, 0.2) is 35.6 Å². The minimum absolute atomic E-state index is 0.106. The average molecular weight is 311 g/mol. The molecule has 0 aliphatic carbocycles. The fourth-order valence-electron chi connectivity index (χ4n) is 1.61. The van der Waals surface area contributed by atoms with Crippen molar-refractivity contribution in [3.63, 3.8) is 0 Å². The van der Waals surface area contributed by atoms with E-state index in [1.54, 1.807) is 16.8 Å². The van der Waals surface area contributed by atoms with Gasteiger partial charge in [0, 0.05) is 18.8 Å². The number of anilines is 1. The zero-order chi connectivity index (χ0) is 15.3. The molecule has 0 unspecified atom stereocenters. The molecule has 0 aromatic carbocycles. The van der Waals surface area contributed by atoms with Crippen molar-refractivity contribution in [3.05, 3.63) is 30.7 Å². The molecule has 2 aromatic heterocycles. The fraction of sp³-hybridized carbons (Fsp3) is 0.333. The van der Waals surface area contributed by atoms with E-state index < -0.39 is 10.0 Å². The number of nitrogens with zero attached hydrogens (tertiary/aromatic N) is 3. The Hall–Kier alpha value is -2.13. The standard InChI is InChI=1S/C12H17N5O3S/c1-13-5-6-17-9-11(8-15-17)21(18,19)16-10-3-4-12(20-2)14-7-10/h3-4,7-9,13,16H,5-6H2,1-2H3. The maximum atomic E-state index is 12.2. The maximum Gasteiger partial charge on any atom is 0.265 e. The summed E-state index contributed by atoms with van der Waals surface area (Å²) in [6, 6.07) is 3.16. The van der Waals surface area contributed by atoms with Crippen LogP contribution in [0.1, 0.15) is 0 Å². The van der Waals surface area contributed by atoms with E-state index in [1.165, 1.54) is 25.7 Å². The van der Waals surface area contributed by atoms with Gasteiger partial charge in [-0.1, -0.05) is 0 Å². The minimum atomic E-state index is -3.67. The molecule has 0 saturated carbocycles. The third-order valence-corrected chi connectivity index (χ3v) is 4.04. The molecule has 0 bridgehead atoms. The van der Waals surface area contributed by atoms with Gasteiger partial charge in [0.05, 0.1) is 31.7 Å². The van der Waals surface area contributed by atoms with Gasteiger partial charge in [0.2, 0.25) is 5.88 Å². The number of nitrogens with one attached hydrogen (secondary N) is 2. The average Bonchev–Trinajstić information content (AvgIpc) is 2.95. The molecule has 0 fully saturated rings. The van der Waals surface area contributed by atoms with E-state index in [9.17, 15) is 8.42 Å². The summed E-state index contributed by atoms with van der Waals surface area (Å²) in [5.41, 5.74) is 0.360. The first kappa shape index (κ1) is 15.3. The van der Waals surface area contributed by atoms with Gasteiger partial charge in [0.25, 0.3) is 10.0 Å². The number of ether oxygens (including phenoxy) is 1. The summed E-state index contributed by atoms with van der Waals surface area (Å²) in [7, 11) is -0.361. The van der Waals surface area contributed by atoms with Crippen LogP contribution in [-0.2, 0) is 16.6 Å². The third-order valence-electron chi connectivity index (χ3n) is 2.71. The van der Waals surface area contributed by atoms with E-state index in [2.05, 4.69) is 20.1 Å². The van der Waals surface area contributed by atoms with Gasteiger partial charge in [-0.25, -0.2) is 13.4 Å². The van der Waals surface area contributed by atoms with E-state index in [4.69, 9.17) is 4.74 Å². The Morgan fingerprint density at radius 2 is 2.14 bits per heavy atom. The molecule has 9 heteroatoms. The van der Waals surface area contributed by atoms with E-state index in [0.717, 1.165) is 0 Å². The number of pyridine rings is 1. The molecule has 0 aliphatic rings. The predicted octanol–water partition coefficient (Wildman–Crippen LogP) is 0.307. The van der Waals surface area contributed by atoms with Crippen molar-refractivity contribution in [3.8, 4) is 5.88 Å². The highest BCUT2D eigenvalue weighted by Crippen LogP contribution is 2.16. The van der Waals surface area contributed by atoms with Crippen molar-refractivity contribution < 1.29 is 13.2 Å². The lowest BCUT2D eigenvalue weighted by atomic mass is 10.4. The molecule has 0 saturated heterocycles. The molecule has 0 aliphatic heterocycles. The van der Waals surface area contributed by atoms with Crippen LogP contribution in [0, 0.1) is 0 Å². The lowest BCUT2D eigenvalue weighted by molar-refractivity contribution is 0.398. The molecule has 2 rings (SSSR count). The van der Waals surface area contributed by atoms with Crippen molar-refractivity contribution in [2.24, 2.45) is 0 Å². The van der Waals surface area contributed by atoms with Gasteiger partial charge < -0.3 is 10.1 Å². The van der Waals surface area contributed by atoms with Crippen molar-refractivity contribution in [1.82, 2.24) is 20.1 Å². The summed E-state index contributed by atoms with van der Waals surface area (Å²) in [6.07, 6.45) is 4.19. The molecule has 2 N–H and O–H groups in total. The molecule has 0 radical (unpaired) electrons. The maximum absolute atomic E-state index is 12.2. The van der Waals surface area contributed by atoms with E-state index in [-0.39, 0.29) is 4.90 Å². The lowest BCUT2D eigenvalue weighted by Gasteiger charge is -2.06. The first-order valence-corrected chi connectivity index (χ1v) is 7.73. The molecule has 0 spiro atoms. The van der Waals surface area contributed by atoms with Gasteiger partial charge >= 0.3 is 0 Å². The fourth-order valence-corrected chi connectivity index (χ4v) is 2.60. The van der Waals surface area contributed by atoms with Gasteiger partial charge in [-0.05, 0) is 13.1 Å². The third kappa shape index (κ3) is 3.92. The van der Waals surface area contributed by atoms with Crippen LogP contribution in [0.25, 0.3) is 0 Å². The predicted molar refractivity (Wildman–Crippen MR) is 77.8 cm³/mol. The molecule has 2 aromatic rings. The van der Waals surface area contributed by atoms with E-state index >= 15 is 0 Å². The van der Waals surface area contributed by atoms with Crippen LogP contribution in [-0.4, -0.2) is 43.9 Å². The first-order chi connectivity index (χ1) is 10.0. The van der Waals surface area contributed by atoms with Crippen LogP contribution in [0.3, 0.4) is 0 Å². The normalized spacial score (nSPS) is 11.3. The molecule has 8 nitrogen and oxygen atoms in total. The summed E-state index contributed by atoms with van der Waals surface area (Å²) in [5, 5.41) is 6.98. The second kappa shape index (κ2) is 6.55. The number of sulfonamides is 1. The molecule has 0 atom stereocenters. The van der Waals surface area contributed by atoms with Crippen molar-refractivity contribution in [1.29, 1.82) is 0 Å². The highest BCUT2D eigenvalue weighted by Gasteiger charge is 2.16. The zero-order valence-electron chi connectivity index (χ0n) is 11.8. The number of likely N-dealkylation sites (N-methyl/N-ethyl adjacent to an activating group) is 1. The summed E-state index contributed by atoms with van der Waals surface area (Å²) < 4.78 is 33.3. The molecular weight excluding hydrogens is 294 g/mol. The lowest BCUT2D eigenvalue weighted by Crippen LogP contribution is -2.15. The Bertz CT molecular complexity index is 681. The number of hydrogen-bond acceptors (Lipinski definition) is 6. The number of hydrogen-bond donors (Lipinski definition) is 2. The van der Waals surface area contributed by atoms with Crippen LogP contribution in [0.4, 0.5) is 5.69 Å². The second-order valence-corrected chi connectivity index (χ2v) is 5.92. The quantitative estimate of drug-likeness (QED) is 0.763. The summed E-state index contributed by atoms with van der Waals surface area (Å²) in [4.78, 5) is 4.05. The molecule has 2 heterocycles. The highest BCUT2D eigenvalue weighted by atomic mass is 32.2. The van der Waals surface area contributed by atoms with Crippen LogP contribution >= 0.6 is 0 Å². The topological polar surface area (TPSA) is 98.1 Å². The Balaban J connectivity index is 2.11. The van der Waals surface area contributed by atoms with Gasteiger partial charge in [-0.3, -0.25) is 9.40 Å². The summed E-state index contributed by atoms with van der Waals surface area (Å²) in [5.74, 6) is 0.415. The number of methoxy groups -OCH3 is 1. The van der Waals surface area contributed by atoms with Crippen LogP contribution in [0.5, 0.6) is 5.88 Å². The molecule has 21 heavy (non-hydrogen) atoms. The molecular formula is C12H17N5O3S. The molecule has 114 valence electrons. The summed E-state index contributed by atoms with van der Waals surface area (Å²) >= 11 is 0. The Morgan fingerprint density at radius 3 is 2.76 bits per heavy atom. The SMILES string of the molecule is CNCCn1cc(S(=O)(=O)Nc2ccc(OC)nc2)cn1. The number of rotatable bonds is 7. The van der Waals surface area contributed by atoms with E-state index in [0.29, 0.717) is 24.7 Å². The van der Waals surface area contributed by atoms with Crippen molar-refractivity contribution in [2.75, 3.05) is 25.4 Å². The van der Waals surface area contributed by atoms with Gasteiger partial charge in [0.1, 0.15) is 4.90 Å². The first-order valence-electron chi connectivity index (χ1n) is 6.25. The van der Waals surface area contributed by atoms with Gasteiger partial charge in [0.15, 0.2) is 0 Å².